The number of rotatable bonds is 6. The van der Waals surface area contributed by atoms with Gasteiger partial charge in [-0.1, -0.05) is 50.1 Å². The fraction of sp³-hybridized carbons (Fsp3) is 0.500. The van der Waals surface area contributed by atoms with E-state index in [4.69, 9.17) is 5.73 Å². The molecule has 0 saturated carbocycles. The average molecular weight is 234 g/mol. The van der Waals surface area contributed by atoms with Crippen LogP contribution in [0.1, 0.15) is 31.7 Å². The maximum absolute atomic E-state index is 12.0. The zero-order valence-corrected chi connectivity index (χ0v) is 10.7. The van der Waals surface area contributed by atoms with Crippen LogP contribution in [0.5, 0.6) is 0 Å². The SMILES string of the molecule is CCCC[C@H](N)C(=O)N(C)Cc1ccccc1. The van der Waals surface area contributed by atoms with E-state index in [0.717, 1.165) is 24.8 Å². The van der Waals surface area contributed by atoms with E-state index in [1.54, 1.807) is 11.9 Å². The zero-order chi connectivity index (χ0) is 12.7. The first-order chi connectivity index (χ1) is 8.15. The van der Waals surface area contributed by atoms with Crippen LogP contribution in [-0.4, -0.2) is 23.9 Å². The van der Waals surface area contributed by atoms with Crippen molar-refractivity contribution < 1.29 is 4.79 Å². The second-order valence-electron chi connectivity index (χ2n) is 4.43. The molecule has 0 heterocycles. The van der Waals surface area contributed by atoms with E-state index < -0.39 is 0 Å². The topological polar surface area (TPSA) is 46.3 Å². The van der Waals surface area contributed by atoms with Crippen LogP contribution in [-0.2, 0) is 11.3 Å². The fourth-order valence-corrected chi connectivity index (χ4v) is 1.77. The van der Waals surface area contributed by atoms with Gasteiger partial charge in [-0.15, -0.1) is 0 Å². The van der Waals surface area contributed by atoms with Gasteiger partial charge in [-0.2, -0.15) is 0 Å². The Morgan fingerprint density at radius 2 is 2.00 bits per heavy atom. The summed E-state index contributed by atoms with van der Waals surface area (Å²) in [5.74, 6) is 0.0299. The summed E-state index contributed by atoms with van der Waals surface area (Å²) in [5, 5.41) is 0. The number of unbranched alkanes of at least 4 members (excludes halogenated alkanes) is 1. The molecule has 3 nitrogen and oxygen atoms in total. The molecule has 1 atom stereocenters. The Hall–Kier alpha value is -1.35. The molecule has 1 aromatic rings. The van der Waals surface area contributed by atoms with Crippen molar-refractivity contribution >= 4 is 5.91 Å². The molecule has 2 N–H and O–H groups in total. The number of nitrogens with two attached hydrogens (primary N) is 1. The van der Waals surface area contributed by atoms with Crippen molar-refractivity contribution in [3.63, 3.8) is 0 Å². The van der Waals surface area contributed by atoms with E-state index in [9.17, 15) is 4.79 Å². The minimum atomic E-state index is -0.358. The number of amides is 1. The van der Waals surface area contributed by atoms with Gasteiger partial charge in [0.15, 0.2) is 0 Å². The van der Waals surface area contributed by atoms with Crippen LogP contribution < -0.4 is 5.73 Å². The summed E-state index contributed by atoms with van der Waals surface area (Å²) in [7, 11) is 1.81. The molecule has 94 valence electrons. The summed E-state index contributed by atoms with van der Waals surface area (Å²) < 4.78 is 0. The molecule has 1 aromatic carbocycles. The lowest BCUT2D eigenvalue weighted by atomic mass is 10.1. The first-order valence-electron chi connectivity index (χ1n) is 6.19. The van der Waals surface area contributed by atoms with Crippen LogP contribution in [0.3, 0.4) is 0 Å². The summed E-state index contributed by atoms with van der Waals surface area (Å²) in [6.07, 6.45) is 2.85. The summed E-state index contributed by atoms with van der Waals surface area (Å²) in [6.45, 7) is 2.73. The van der Waals surface area contributed by atoms with Gasteiger partial charge in [0, 0.05) is 13.6 Å². The predicted octanol–water partition coefficient (Wildman–Crippen LogP) is 2.16. The molecule has 0 saturated heterocycles. The van der Waals surface area contributed by atoms with Crippen molar-refractivity contribution in [3.8, 4) is 0 Å². The molecule has 0 radical (unpaired) electrons. The van der Waals surface area contributed by atoms with E-state index in [0.29, 0.717) is 6.54 Å². The molecule has 0 spiro atoms. The highest BCUT2D eigenvalue weighted by Crippen LogP contribution is 2.06. The molecule has 0 unspecified atom stereocenters. The third kappa shape index (κ3) is 4.57. The monoisotopic (exact) mass is 234 g/mol. The van der Waals surface area contributed by atoms with Gasteiger partial charge in [-0.3, -0.25) is 4.79 Å². The molecule has 17 heavy (non-hydrogen) atoms. The first kappa shape index (κ1) is 13.7. The van der Waals surface area contributed by atoms with Crippen molar-refractivity contribution in [2.75, 3.05) is 7.05 Å². The predicted molar refractivity (Wildman–Crippen MR) is 70.4 cm³/mol. The Balaban J connectivity index is 2.47. The van der Waals surface area contributed by atoms with Gasteiger partial charge in [0.2, 0.25) is 5.91 Å². The number of likely N-dealkylation sites (N-methyl/N-ethyl adjacent to an activating group) is 1. The van der Waals surface area contributed by atoms with Crippen molar-refractivity contribution in [1.82, 2.24) is 4.90 Å². The zero-order valence-electron chi connectivity index (χ0n) is 10.7. The second-order valence-corrected chi connectivity index (χ2v) is 4.43. The Bertz CT molecular complexity index is 337. The van der Waals surface area contributed by atoms with Gasteiger partial charge in [0.05, 0.1) is 6.04 Å². The van der Waals surface area contributed by atoms with E-state index in [2.05, 4.69) is 6.92 Å². The lowest BCUT2D eigenvalue weighted by molar-refractivity contribution is -0.132. The van der Waals surface area contributed by atoms with Gasteiger partial charge < -0.3 is 10.6 Å². The smallest absolute Gasteiger partial charge is 0.239 e. The molecule has 1 rings (SSSR count). The molecule has 0 fully saturated rings. The van der Waals surface area contributed by atoms with Crippen molar-refractivity contribution in [3.05, 3.63) is 35.9 Å². The van der Waals surface area contributed by atoms with Crippen LogP contribution in [0.2, 0.25) is 0 Å². The standard InChI is InChI=1S/C14H22N2O/c1-3-4-10-13(15)14(17)16(2)11-12-8-6-5-7-9-12/h5-9,13H,3-4,10-11,15H2,1-2H3/t13-/m0/s1. The van der Waals surface area contributed by atoms with Crippen molar-refractivity contribution in [2.45, 2.75) is 38.8 Å². The van der Waals surface area contributed by atoms with Crippen LogP contribution in [0.25, 0.3) is 0 Å². The largest absolute Gasteiger partial charge is 0.340 e. The van der Waals surface area contributed by atoms with Gasteiger partial charge in [0.1, 0.15) is 0 Å². The van der Waals surface area contributed by atoms with Crippen molar-refractivity contribution in [2.24, 2.45) is 5.73 Å². The summed E-state index contributed by atoms with van der Waals surface area (Å²) in [6, 6.07) is 9.60. The second kappa shape index (κ2) is 7.07. The number of carbonyl (C=O) groups is 1. The number of hydrogen-bond donors (Lipinski definition) is 1. The van der Waals surface area contributed by atoms with Crippen molar-refractivity contribution in [1.29, 1.82) is 0 Å². The lowest BCUT2D eigenvalue weighted by Gasteiger charge is -2.21. The quantitative estimate of drug-likeness (QED) is 0.820. The van der Waals surface area contributed by atoms with Gasteiger partial charge >= 0.3 is 0 Å². The number of benzene rings is 1. The summed E-state index contributed by atoms with van der Waals surface area (Å²) >= 11 is 0. The molecule has 0 aliphatic heterocycles. The molecule has 0 aliphatic rings. The number of nitrogens with zero attached hydrogens (tertiary/aromatic N) is 1. The minimum Gasteiger partial charge on any atom is -0.340 e. The van der Waals surface area contributed by atoms with Gasteiger partial charge in [0.25, 0.3) is 0 Å². The first-order valence-corrected chi connectivity index (χ1v) is 6.19. The average Bonchev–Trinajstić information content (AvgIpc) is 2.36. The molecule has 3 heteroatoms. The van der Waals surface area contributed by atoms with E-state index in [1.807, 2.05) is 30.3 Å². The number of carbonyl (C=O) groups excluding carboxylic acids is 1. The highest BCUT2D eigenvalue weighted by Gasteiger charge is 2.17. The third-order valence-corrected chi connectivity index (χ3v) is 2.82. The Kier molecular flexibility index (Phi) is 5.70. The minimum absolute atomic E-state index is 0.0299. The molecular weight excluding hydrogens is 212 g/mol. The van der Waals surface area contributed by atoms with Crippen LogP contribution in [0.15, 0.2) is 30.3 Å². The molecule has 1 amide bonds. The molecule has 0 aromatic heterocycles. The fourth-order valence-electron chi connectivity index (χ4n) is 1.77. The van der Waals surface area contributed by atoms with Crippen LogP contribution in [0, 0.1) is 0 Å². The van der Waals surface area contributed by atoms with Crippen LogP contribution in [0.4, 0.5) is 0 Å². The Morgan fingerprint density at radius 1 is 1.35 bits per heavy atom. The van der Waals surface area contributed by atoms with Gasteiger partial charge in [-0.25, -0.2) is 0 Å². The van der Waals surface area contributed by atoms with Gasteiger partial charge in [-0.05, 0) is 12.0 Å². The number of hydrogen-bond acceptors (Lipinski definition) is 2. The highest BCUT2D eigenvalue weighted by molar-refractivity contribution is 5.81. The van der Waals surface area contributed by atoms with Crippen LogP contribution >= 0.6 is 0 Å². The highest BCUT2D eigenvalue weighted by atomic mass is 16.2. The maximum Gasteiger partial charge on any atom is 0.239 e. The molecular formula is C14H22N2O. The van der Waals surface area contributed by atoms with E-state index in [-0.39, 0.29) is 11.9 Å². The summed E-state index contributed by atoms with van der Waals surface area (Å²) in [5.41, 5.74) is 7.00. The maximum atomic E-state index is 12.0. The van der Waals surface area contributed by atoms with E-state index >= 15 is 0 Å². The Labute approximate surface area is 104 Å². The molecule has 0 bridgehead atoms. The summed E-state index contributed by atoms with van der Waals surface area (Å²) in [4.78, 5) is 13.7. The third-order valence-electron chi connectivity index (χ3n) is 2.82. The lowest BCUT2D eigenvalue weighted by Crippen LogP contribution is -2.41. The molecule has 0 aliphatic carbocycles. The normalized spacial score (nSPS) is 12.2. The van der Waals surface area contributed by atoms with E-state index in [1.165, 1.54) is 0 Å². The Morgan fingerprint density at radius 3 is 2.59 bits per heavy atom.